The fourth-order valence-corrected chi connectivity index (χ4v) is 1.95. The molecular weight excluding hydrogens is 334 g/mol. The highest BCUT2D eigenvalue weighted by Gasteiger charge is 2.22. The van der Waals surface area contributed by atoms with Gasteiger partial charge in [0.15, 0.2) is 0 Å². The number of hydrogen-bond acceptors (Lipinski definition) is 3. The van der Waals surface area contributed by atoms with E-state index in [1.54, 1.807) is 0 Å². The highest BCUT2D eigenvalue weighted by molar-refractivity contribution is 6.30. The number of aliphatic carboxylic acids is 1. The maximum Gasteiger partial charge on any atom is 0.320 e. The van der Waals surface area contributed by atoms with Crippen molar-refractivity contribution >= 4 is 41.6 Å². The van der Waals surface area contributed by atoms with Crippen molar-refractivity contribution in [2.24, 2.45) is 0 Å². The van der Waals surface area contributed by atoms with Crippen molar-refractivity contribution in [2.75, 3.05) is 5.32 Å². The van der Waals surface area contributed by atoms with Crippen LogP contribution in [0.5, 0.6) is 0 Å². The predicted molar refractivity (Wildman–Crippen MR) is 86.2 cm³/mol. The number of carbonyl (C=O) groups excluding carboxylic acids is 1. The van der Waals surface area contributed by atoms with Gasteiger partial charge in [-0.1, -0.05) is 24.9 Å². The van der Waals surface area contributed by atoms with Crippen LogP contribution in [0.15, 0.2) is 18.2 Å². The molecule has 1 aromatic rings. The number of carboxylic acids is 1. The van der Waals surface area contributed by atoms with Gasteiger partial charge < -0.3 is 10.4 Å². The van der Waals surface area contributed by atoms with E-state index in [0.717, 1.165) is 6.07 Å². The molecule has 0 bridgehead atoms. The second-order valence-corrected chi connectivity index (χ2v) is 5.12. The standard InChI is InChI=1S/C14H18ClFN2O3.ClH/c1-3-4-11(14(20)21)17-8(2)13(19)18-12-7-9(15)5-6-10(12)16;/h5-8,11,17H,3-4H2,1-2H3,(H,18,19)(H,20,21);1H. The van der Waals surface area contributed by atoms with E-state index >= 15 is 0 Å². The molecule has 1 aromatic carbocycles. The third-order valence-electron chi connectivity index (χ3n) is 2.91. The molecule has 0 saturated heterocycles. The van der Waals surface area contributed by atoms with E-state index in [1.807, 2.05) is 6.92 Å². The summed E-state index contributed by atoms with van der Waals surface area (Å²) in [7, 11) is 0. The van der Waals surface area contributed by atoms with Crippen LogP contribution in [-0.4, -0.2) is 29.1 Å². The summed E-state index contributed by atoms with van der Waals surface area (Å²) >= 11 is 5.74. The normalized spacial score (nSPS) is 12.9. The van der Waals surface area contributed by atoms with Crippen LogP contribution in [0.25, 0.3) is 0 Å². The summed E-state index contributed by atoms with van der Waals surface area (Å²) in [5, 5.41) is 14.4. The van der Waals surface area contributed by atoms with E-state index in [4.69, 9.17) is 16.7 Å². The number of carboxylic acid groups (broad SMARTS) is 1. The van der Waals surface area contributed by atoms with E-state index in [2.05, 4.69) is 10.6 Å². The van der Waals surface area contributed by atoms with Gasteiger partial charge in [-0.2, -0.15) is 0 Å². The van der Waals surface area contributed by atoms with Crippen LogP contribution < -0.4 is 10.6 Å². The van der Waals surface area contributed by atoms with Crippen LogP contribution in [-0.2, 0) is 9.59 Å². The molecule has 1 amide bonds. The van der Waals surface area contributed by atoms with Crippen molar-refractivity contribution in [2.45, 2.75) is 38.8 Å². The van der Waals surface area contributed by atoms with Gasteiger partial charge in [-0.25, -0.2) is 4.39 Å². The zero-order chi connectivity index (χ0) is 16.0. The molecule has 8 heteroatoms. The van der Waals surface area contributed by atoms with Gasteiger partial charge in [0.05, 0.1) is 11.7 Å². The first-order valence-corrected chi connectivity index (χ1v) is 6.97. The van der Waals surface area contributed by atoms with E-state index in [9.17, 15) is 14.0 Å². The van der Waals surface area contributed by atoms with Gasteiger partial charge in [0, 0.05) is 5.02 Å². The van der Waals surface area contributed by atoms with Crippen LogP contribution in [0.3, 0.4) is 0 Å². The molecule has 0 saturated carbocycles. The van der Waals surface area contributed by atoms with Crippen molar-refractivity contribution in [1.82, 2.24) is 5.32 Å². The molecule has 0 aliphatic heterocycles. The first-order valence-electron chi connectivity index (χ1n) is 6.60. The quantitative estimate of drug-likeness (QED) is 0.704. The highest BCUT2D eigenvalue weighted by Crippen LogP contribution is 2.19. The predicted octanol–water partition coefficient (Wildman–Crippen LogP) is 3.07. The molecule has 3 N–H and O–H groups in total. The zero-order valence-corrected chi connectivity index (χ0v) is 13.8. The third-order valence-corrected chi connectivity index (χ3v) is 3.14. The van der Waals surface area contributed by atoms with Crippen LogP contribution in [0.2, 0.25) is 5.02 Å². The van der Waals surface area contributed by atoms with Gasteiger partial charge >= 0.3 is 5.97 Å². The molecule has 0 aliphatic carbocycles. The Morgan fingerprint density at radius 1 is 1.41 bits per heavy atom. The van der Waals surface area contributed by atoms with E-state index in [1.165, 1.54) is 19.1 Å². The summed E-state index contributed by atoms with van der Waals surface area (Å²) < 4.78 is 13.5. The lowest BCUT2D eigenvalue weighted by molar-refractivity contribution is -0.140. The van der Waals surface area contributed by atoms with Gasteiger partial charge in [0.2, 0.25) is 5.91 Å². The molecule has 0 spiro atoms. The van der Waals surface area contributed by atoms with Crippen LogP contribution in [0.1, 0.15) is 26.7 Å². The molecule has 22 heavy (non-hydrogen) atoms. The second kappa shape index (κ2) is 9.61. The number of anilines is 1. The number of benzene rings is 1. The summed E-state index contributed by atoms with van der Waals surface area (Å²) in [6.07, 6.45) is 1.07. The molecule has 0 heterocycles. The first-order chi connectivity index (χ1) is 9.85. The summed E-state index contributed by atoms with van der Waals surface area (Å²) in [5.41, 5.74) is -0.0384. The maximum absolute atomic E-state index is 13.5. The fourth-order valence-electron chi connectivity index (χ4n) is 1.78. The second-order valence-electron chi connectivity index (χ2n) is 4.68. The van der Waals surface area contributed by atoms with Crippen molar-refractivity contribution in [1.29, 1.82) is 0 Å². The largest absolute Gasteiger partial charge is 0.480 e. The van der Waals surface area contributed by atoms with Crippen molar-refractivity contribution in [3.8, 4) is 0 Å². The number of halogens is 3. The van der Waals surface area contributed by atoms with E-state index in [0.29, 0.717) is 17.9 Å². The van der Waals surface area contributed by atoms with E-state index in [-0.39, 0.29) is 18.1 Å². The Labute approximate surface area is 139 Å². The van der Waals surface area contributed by atoms with Crippen LogP contribution in [0, 0.1) is 5.82 Å². The highest BCUT2D eigenvalue weighted by atomic mass is 35.5. The molecule has 5 nitrogen and oxygen atoms in total. The first kappa shape index (κ1) is 20.6. The van der Waals surface area contributed by atoms with Gasteiger partial charge in [0.1, 0.15) is 11.9 Å². The van der Waals surface area contributed by atoms with Crippen molar-refractivity contribution in [3.63, 3.8) is 0 Å². The molecule has 124 valence electrons. The van der Waals surface area contributed by atoms with Gasteiger partial charge in [-0.15, -0.1) is 12.4 Å². The van der Waals surface area contributed by atoms with Gasteiger partial charge in [-0.05, 0) is 31.5 Å². The van der Waals surface area contributed by atoms with Gasteiger partial charge in [0.25, 0.3) is 0 Å². The lowest BCUT2D eigenvalue weighted by Gasteiger charge is -2.19. The Kier molecular flexibility index (Phi) is 9.01. The average molecular weight is 353 g/mol. The van der Waals surface area contributed by atoms with Gasteiger partial charge in [-0.3, -0.25) is 14.9 Å². The summed E-state index contributed by atoms with van der Waals surface area (Å²) in [6, 6.07) is 2.21. The number of carbonyl (C=O) groups is 2. The minimum absolute atomic E-state index is 0. The average Bonchev–Trinajstić information content (AvgIpc) is 2.42. The van der Waals surface area contributed by atoms with E-state index < -0.39 is 29.8 Å². The molecule has 2 atom stereocenters. The molecule has 2 unspecified atom stereocenters. The summed E-state index contributed by atoms with van der Waals surface area (Å²) in [5.74, 6) is -2.16. The summed E-state index contributed by atoms with van der Waals surface area (Å²) in [4.78, 5) is 23.0. The number of nitrogens with one attached hydrogen (secondary N) is 2. The molecule has 0 aliphatic rings. The molecule has 0 fully saturated rings. The van der Waals surface area contributed by atoms with Crippen molar-refractivity contribution < 1.29 is 19.1 Å². The lowest BCUT2D eigenvalue weighted by atomic mass is 10.1. The smallest absolute Gasteiger partial charge is 0.320 e. The van der Waals surface area contributed by atoms with Crippen LogP contribution >= 0.6 is 24.0 Å². The molecule has 1 rings (SSSR count). The Morgan fingerprint density at radius 3 is 2.59 bits per heavy atom. The third kappa shape index (κ3) is 6.17. The Hall–Kier alpha value is -1.37. The van der Waals surface area contributed by atoms with Crippen molar-refractivity contribution in [3.05, 3.63) is 29.0 Å². The van der Waals surface area contributed by atoms with Crippen LogP contribution in [0.4, 0.5) is 10.1 Å². The number of amides is 1. The molecule has 0 aromatic heterocycles. The maximum atomic E-state index is 13.5. The summed E-state index contributed by atoms with van der Waals surface area (Å²) in [6.45, 7) is 3.37. The Bertz CT molecular complexity index is 529. The number of rotatable bonds is 7. The Morgan fingerprint density at radius 2 is 2.05 bits per heavy atom. The topological polar surface area (TPSA) is 78.4 Å². The fraction of sp³-hybridized carbons (Fsp3) is 0.429. The SMILES string of the molecule is CCCC(NC(C)C(=O)Nc1cc(Cl)ccc1F)C(=O)O.Cl. The number of hydrogen-bond donors (Lipinski definition) is 3. The monoisotopic (exact) mass is 352 g/mol. The zero-order valence-electron chi connectivity index (χ0n) is 12.2. The minimum atomic E-state index is -1.02. The molecule has 0 radical (unpaired) electrons. The minimum Gasteiger partial charge on any atom is -0.480 e. The molecular formula is C14H19Cl2FN2O3. The lowest BCUT2D eigenvalue weighted by Crippen LogP contribution is -2.47. The Balaban J connectivity index is 0.00000441.